The predicted octanol–water partition coefficient (Wildman–Crippen LogP) is 4.69. The molecule has 0 bridgehead atoms. The Kier molecular flexibility index (Phi) is 7.56. The molecular formula is C12H16Br2Hf. The van der Waals surface area contributed by atoms with Gasteiger partial charge in [-0.15, -0.1) is 34.0 Å². The molecular weight excluding hydrogens is 482 g/mol. The van der Waals surface area contributed by atoms with Crippen LogP contribution in [-0.4, -0.2) is 0 Å². The maximum absolute atomic E-state index is 2.32. The molecule has 0 heterocycles. The van der Waals surface area contributed by atoms with Crippen LogP contribution in [0, 0.1) is 0 Å². The molecule has 0 saturated heterocycles. The zero-order chi connectivity index (χ0) is 9.26. The molecule has 0 spiro atoms. The molecule has 0 amide bonds. The molecule has 2 aliphatic rings. The Bertz CT molecular complexity index is 315. The second-order valence-corrected chi connectivity index (χ2v) is 8.90. The van der Waals surface area contributed by atoms with Crippen LogP contribution in [0.1, 0.15) is 26.7 Å². The third-order valence-corrected chi connectivity index (χ3v) is 9.10. The Morgan fingerprint density at radius 3 is 1.53 bits per heavy atom. The maximum atomic E-state index is 2.32. The van der Waals surface area contributed by atoms with Crippen LogP contribution in [0.15, 0.2) is 42.1 Å². The van der Waals surface area contributed by atoms with Crippen LogP contribution < -0.4 is 0 Å². The molecule has 0 radical (unpaired) electrons. The summed E-state index contributed by atoms with van der Waals surface area (Å²) in [7, 11) is 0. The molecule has 15 heavy (non-hydrogen) atoms. The van der Waals surface area contributed by atoms with Crippen molar-refractivity contribution in [2.45, 2.75) is 26.7 Å². The summed E-state index contributed by atoms with van der Waals surface area (Å²) in [4.78, 5) is 0. The van der Waals surface area contributed by atoms with Gasteiger partial charge in [0.1, 0.15) is 0 Å². The summed E-state index contributed by atoms with van der Waals surface area (Å²) in [6.45, 7) is 4.54. The van der Waals surface area contributed by atoms with E-state index in [2.05, 4.69) is 38.2 Å². The quantitative estimate of drug-likeness (QED) is 0.485. The van der Waals surface area contributed by atoms with Gasteiger partial charge in [0.05, 0.1) is 0 Å². The zero-order valence-corrected chi connectivity index (χ0v) is 16.1. The molecule has 0 aliphatic heterocycles. The summed E-state index contributed by atoms with van der Waals surface area (Å²) in [5.74, 6) is 0. The van der Waals surface area contributed by atoms with Crippen molar-refractivity contribution in [2.24, 2.45) is 0 Å². The van der Waals surface area contributed by atoms with Crippen LogP contribution in [0.25, 0.3) is 0 Å². The third-order valence-electron chi connectivity index (χ3n) is 2.63. The fraction of sp³-hybridized carbons (Fsp3) is 0.333. The van der Waals surface area contributed by atoms with Crippen molar-refractivity contribution in [2.75, 3.05) is 0 Å². The first-order valence-corrected chi connectivity index (χ1v) is 8.36. The minimum atomic E-state index is -0.612. The predicted molar refractivity (Wildman–Crippen MR) is 73.6 cm³/mol. The van der Waals surface area contributed by atoms with Gasteiger partial charge in [0.2, 0.25) is 0 Å². The summed E-state index contributed by atoms with van der Waals surface area (Å²) in [6.07, 6.45) is 11.7. The average Bonchev–Trinajstić information content (AvgIpc) is 2.65. The van der Waals surface area contributed by atoms with Crippen molar-refractivity contribution >= 4 is 34.0 Å². The summed E-state index contributed by atoms with van der Waals surface area (Å²) in [5.41, 5.74) is 3.13. The molecule has 0 aromatic heterocycles. The molecule has 0 aromatic carbocycles. The van der Waals surface area contributed by atoms with E-state index in [0.29, 0.717) is 0 Å². The molecule has 2 rings (SSSR count). The third kappa shape index (κ3) is 3.94. The Morgan fingerprint density at radius 2 is 1.27 bits per heavy atom. The van der Waals surface area contributed by atoms with E-state index in [-0.39, 0.29) is 34.0 Å². The fourth-order valence-corrected chi connectivity index (χ4v) is 6.62. The van der Waals surface area contributed by atoms with E-state index in [1.54, 1.807) is 17.8 Å². The standard InChI is InChI=1S/2C6H7.2BrH.Hf/c2*1-6-4-2-3-5-6;;;/h2*2,4H,3H2,1H3;2*1H;. The molecule has 82 valence electrons. The van der Waals surface area contributed by atoms with Gasteiger partial charge in [-0.25, -0.2) is 0 Å². The molecule has 3 heteroatoms. The van der Waals surface area contributed by atoms with E-state index >= 15 is 0 Å². The molecule has 0 saturated carbocycles. The van der Waals surface area contributed by atoms with Crippen LogP contribution in [0.2, 0.25) is 0 Å². The van der Waals surface area contributed by atoms with Crippen LogP contribution in [-0.2, 0) is 22.9 Å². The van der Waals surface area contributed by atoms with E-state index in [9.17, 15) is 0 Å². The van der Waals surface area contributed by atoms with Crippen molar-refractivity contribution in [3.05, 3.63) is 42.1 Å². The first-order chi connectivity index (χ1) is 6.27. The topological polar surface area (TPSA) is 0 Å². The van der Waals surface area contributed by atoms with Gasteiger partial charge < -0.3 is 0 Å². The second-order valence-electron chi connectivity index (χ2n) is 3.66. The van der Waals surface area contributed by atoms with Gasteiger partial charge >= 0.3 is 91.7 Å². The Balaban J connectivity index is 0.000000980. The minimum absolute atomic E-state index is 0. The fourth-order valence-electron chi connectivity index (χ4n) is 1.71. The molecule has 0 nitrogen and oxygen atoms in total. The number of hydrogen-bond donors (Lipinski definition) is 0. The molecule has 0 unspecified atom stereocenters. The first kappa shape index (κ1) is 15.8. The van der Waals surface area contributed by atoms with Gasteiger partial charge in [0.15, 0.2) is 0 Å². The molecule has 2 aliphatic carbocycles. The molecule has 0 atom stereocenters. The van der Waals surface area contributed by atoms with Crippen LogP contribution >= 0.6 is 34.0 Å². The SMILES string of the molecule is Br.Br.CC1=[C]([Hf][C]2=C(C)C=CC2)CC=C1. The summed E-state index contributed by atoms with van der Waals surface area (Å²) < 4.78 is 3.61. The van der Waals surface area contributed by atoms with Crippen LogP contribution in [0.3, 0.4) is 0 Å². The van der Waals surface area contributed by atoms with E-state index in [1.807, 2.05) is 0 Å². The van der Waals surface area contributed by atoms with Crippen LogP contribution in [0.4, 0.5) is 0 Å². The summed E-state index contributed by atoms with van der Waals surface area (Å²) in [6, 6.07) is 0. The molecule has 0 N–H and O–H groups in total. The Morgan fingerprint density at radius 1 is 0.867 bits per heavy atom. The second kappa shape index (κ2) is 7.18. The van der Waals surface area contributed by atoms with Gasteiger partial charge in [-0.3, -0.25) is 0 Å². The van der Waals surface area contributed by atoms with E-state index in [4.69, 9.17) is 0 Å². The van der Waals surface area contributed by atoms with Gasteiger partial charge in [0.25, 0.3) is 0 Å². The van der Waals surface area contributed by atoms with Gasteiger partial charge in [-0.2, -0.15) is 0 Å². The monoisotopic (exact) mass is 498 g/mol. The average molecular weight is 499 g/mol. The van der Waals surface area contributed by atoms with Crippen molar-refractivity contribution in [1.82, 2.24) is 0 Å². The van der Waals surface area contributed by atoms with Crippen molar-refractivity contribution in [3.63, 3.8) is 0 Å². The van der Waals surface area contributed by atoms with Gasteiger partial charge in [0, 0.05) is 0 Å². The Hall–Kier alpha value is 0.790. The zero-order valence-electron chi connectivity index (χ0n) is 9.04. The first-order valence-electron chi connectivity index (χ1n) is 4.77. The number of halogens is 2. The van der Waals surface area contributed by atoms with Gasteiger partial charge in [-0.1, -0.05) is 0 Å². The summed E-state index contributed by atoms with van der Waals surface area (Å²) in [5, 5.41) is 0. The van der Waals surface area contributed by atoms with Crippen LogP contribution in [0.5, 0.6) is 0 Å². The number of rotatable bonds is 2. The van der Waals surface area contributed by atoms with Crippen molar-refractivity contribution < 1.29 is 22.9 Å². The molecule has 0 fully saturated rings. The van der Waals surface area contributed by atoms with Crippen molar-refractivity contribution in [1.29, 1.82) is 0 Å². The number of allylic oxidation sites excluding steroid dienone is 8. The normalized spacial score (nSPS) is 18.0. The Labute approximate surface area is 124 Å². The number of hydrogen-bond acceptors (Lipinski definition) is 0. The van der Waals surface area contributed by atoms with E-state index < -0.39 is 22.9 Å². The van der Waals surface area contributed by atoms with E-state index in [0.717, 1.165) is 0 Å². The molecule has 0 aromatic rings. The van der Waals surface area contributed by atoms with Gasteiger partial charge in [-0.05, 0) is 0 Å². The van der Waals surface area contributed by atoms with Crippen molar-refractivity contribution in [3.8, 4) is 0 Å². The summed E-state index contributed by atoms with van der Waals surface area (Å²) >= 11 is -0.612. The van der Waals surface area contributed by atoms with E-state index in [1.165, 1.54) is 12.8 Å².